The summed E-state index contributed by atoms with van der Waals surface area (Å²) >= 11 is 0. The predicted octanol–water partition coefficient (Wildman–Crippen LogP) is 6.60. The van der Waals surface area contributed by atoms with Crippen LogP contribution in [0.25, 0.3) is 0 Å². The van der Waals surface area contributed by atoms with Gasteiger partial charge in [-0.2, -0.15) is 0 Å². The highest BCUT2D eigenvalue weighted by Gasteiger charge is 2.56. The molecule has 5 unspecified atom stereocenters. The quantitative estimate of drug-likeness (QED) is 0.511. The number of fused-ring (bicyclic) bond motifs is 5. The van der Waals surface area contributed by atoms with E-state index in [4.69, 9.17) is 9.47 Å². The minimum Gasteiger partial charge on any atom is -0.466 e. The fraction of sp³-hybridized carbons (Fsp3) is 0.750. The molecule has 1 aromatic rings. The van der Waals surface area contributed by atoms with Crippen LogP contribution in [0.15, 0.2) is 18.2 Å². The highest BCUT2D eigenvalue weighted by Crippen LogP contribution is 2.64. The van der Waals surface area contributed by atoms with E-state index >= 15 is 0 Å². The van der Waals surface area contributed by atoms with Crippen molar-refractivity contribution in [3.8, 4) is 0 Å². The zero-order valence-corrected chi connectivity index (χ0v) is 19.7. The molecule has 3 aliphatic carbocycles. The molecule has 0 spiro atoms. The van der Waals surface area contributed by atoms with Crippen LogP contribution in [0.2, 0.25) is 0 Å². The van der Waals surface area contributed by atoms with E-state index in [9.17, 15) is 4.79 Å². The van der Waals surface area contributed by atoms with Gasteiger partial charge in [-0.05, 0) is 110 Å². The molecule has 1 aromatic carbocycles. The molecule has 4 aliphatic rings. The topological polar surface area (TPSA) is 35.5 Å². The third-order valence-electron chi connectivity index (χ3n) is 9.56. The lowest BCUT2D eigenvalue weighted by atomic mass is 9.51. The first kappa shape index (κ1) is 21.5. The Hall–Kier alpha value is -1.35. The van der Waals surface area contributed by atoms with Crippen LogP contribution in [0.3, 0.4) is 0 Å². The summed E-state index contributed by atoms with van der Waals surface area (Å²) in [6.45, 7) is 8.31. The van der Waals surface area contributed by atoms with E-state index in [1.165, 1.54) is 56.9 Å². The molecule has 3 fully saturated rings. The van der Waals surface area contributed by atoms with Crippen molar-refractivity contribution in [3.63, 3.8) is 0 Å². The molecular weight excluding hydrogens is 384 g/mol. The Balaban J connectivity index is 1.37. The fourth-order valence-electron chi connectivity index (χ4n) is 8.07. The Labute approximate surface area is 188 Å². The molecule has 31 heavy (non-hydrogen) atoms. The van der Waals surface area contributed by atoms with Crippen LogP contribution in [-0.4, -0.2) is 19.2 Å². The van der Waals surface area contributed by atoms with E-state index in [1.807, 2.05) is 6.92 Å². The number of esters is 1. The zero-order valence-electron chi connectivity index (χ0n) is 19.7. The third kappa shape index (κ3) is 3.75. The van der Waals surface area contributed by atoms with Crippen LogP contribution < -0.4 is 0 Å². The number of hydrogen-bond donors (Lipinski definition) is 0. The molecule has 1 saturated heterocycles. The van der Waals surface area contributed by atoms with Gasteiger partial charge >= 0.3 is 5.97 Å². The van der Waals surface area contributed by atoms with Crippen molar-refractivity contribution in [2.24, 2.45) is 29.1 Å². The Bertz CT molecular complexity index is 810. The predicted molar refractivity (Wildman–Crippen MR) is 123 cm³/mol. The minimum atomic E-state index is 0.0102. The Morgan fingerprint density at radius 3 is 2.84 bits per heavy atom. The number of ether oxygens (including phenoxy) is 2. The smallest absolute Gasteiger partial charge is 0.306 e. The average Bonchev–Trinajstić information content (AvgIpc) is 3.10. The van der Waals surface area contributed by atoms with Crippen LogP contribution in [0, 0.1) is 29.1 Å². The molecule has 2 saturated carbocycles. The number of rotatable bonds is 4. The van der Waals surface area contributed by atoms with Gasteiger partial charge in [0.2, 0.25) is 0 Å². The highest BCUT2D eigenvalue weighted by atomic mass is 16.5. The summed E-state index contributed by atoms with van der Waals surface area (Å²) in [7, 11) is 0. The Kier molecular flexibility index (Phi) is 5.92. The van der Waals surface area contributed by atoms with Gasteiger partial charge in [-0.1, -0.05) is 32.0 Å². The Morgan fingerprint density at radius 1 is 1.19 bits per heavy atom. The molecule has 3 nitrogen and oxygen atoms in total. The molecule has 0 bridgehead atoms. The summed E-state index contributed by atoms with van der Waals surface area (Å²) in [6, 6.07) is 7.32. The van der Waals surface area contributed by atoms with Gasteiger partial charge in [-0.15, -0.1) is 0 Å². The number of benzene rings is 1. The van der Waals surface area contributed by atoms with Gasteiger partial charge < -0.3 is 9.47 Å². The largest absolute Gasteiger partial charge is 0.466 e. The maximum Gasteiger partial charge on any atom is 0.306 e. The third-order valence-corrected chi connectivity index (χ3v) is 9.56. The van der Waals surface area contributed by atoms with Gasteiger partial charge in [-0.25, -0.2) is 0 Å². The second kappa shape index (κ2) is 8.54. The molecule has 0 N–H and O–H groups in total. The summed E-state index contributed by atoms with van der Waals surface area (Å²) < 4.78 is 11.4. The van der Waals surface area contributed by atoms with Gasteiger partial charge in [-0.3, -0.25) is 4.79 Å². The number of carbonyl (C=O) groups excluding carboxylic acids is 1. The van der Waals surface area contributed by atoms with E-state index in [-0.39, 0.29) is 5.97 Å². The lowest BCUT2D eigenvalue weighted by Gasteiger charge is -2.53. The molecule has 170 valence electrons. The molecule has 0 aromatic heterocycles. The first-order chi connectivity index (χ1) is 15.0. The maximum absolute atomic E-state index is 12.3. The van der Waals surface area contributed by atoms with Crippen LogP contribution in [0.4, 0.5) is 0 Å². The van der Waals surface area contributed by atoms with Crippen molar-refractivity contribution < 1.29 is 14.3 Å². The Morgan fingerprint density at radius 2 is 2.06 bits per heavy atom. The summed E-state index contributed by atoms with van der Waals surface area (Å²) in [4.78, 5) is 12.3. The lowest BCUT2D eigenvalue weighted by molar-refractivity contribution is -0.145. The summed E-state index contributed by atoms with van der Waals surface area (Å²) in [5, 5.41) is 0. The zero-order chi connectivity index (χ0) is 21.6. The first-order valence-corrected chi connectivity index (χ1v) is 12.9. The van der Waals surface area contributed by atoms with E-state index < -0.39 is 0 Å². The SMILES string of the molecule is CCOC(=O)C[C@H]1CCC2C3C(CCC21C)c1ccc(C2CCCCO2)cc1C[C@H]3C. The van der Waals surface area contributed by atoms with Crippen LogP contribution in [0.1, 0.15) is 101 Å². The summed E-state index contributed by atoms with van der Waals surface area (Å²) in [6.07, 6.45) is 10.8. The monoisotopic (exact) mass is 424 g/mol. The molecule has 0 radical (unpaired) electrons. The minimum absolute atomic E-state index is 0.0102. The van der Waals surface area contributed by atoms with E-state index in [2.05, 4.69) is 32.0 Å². The molecular formula is C28H40O3. The maximum atomic E-state index is 12.3. The van der Waals surface area contributed by atoms with Gasteiger partial charge in [0.05, 0.1) is 12.7 Å². The van der Waals surface area contributed by atoms with Gasteiger partial charge in [0.15, 0.2) is 0 Å². The van der Waals surface area contributed by atoms with Crippen molar-refractivity contribution >= 4 is 5.97 Å². The number of carbonyl (C=O) groups is 1. The normalized spacial score (nSPS) is 39.3. The summed E-state index contributed by atoms with van der Waals surface area (Å²) in [5.74, 6) is 3.42. The van der Waals surface area contributed by atoms with Crippen molar-refractivity contribution in [1.29, 1.82) is 0 Å². The molecule has 3 heteroatoms. The van der Waals surface area contributed by atoms with Crippen LogP contribution in [0.5, 0.6) is 0 Å². The van der Waals surface area contributed by atoms with Crippen molar-refractivity contribution in [3.05, 3.63) is 34.9 Å². The van der Waals surface area contributed by atoms with Gasteiger partial charge in [0, 0.05) is 13.0 Å². The standard InChI is InChI=1S/C28H40O3/c1-4-30-26(29)17-21-9-11-24-27-18(2)15-20-16-19(25-7-5-6-14-31-25)8-10-22(20)23(27)12-13-28(21,24)3/h8,10,16,18,21,23-25,27H,4-7,9,11-15,17H2,1-3H3/t18-,21-,23?,24?,25?,27?,28?/m1/s1. The number of hydrogen-bond acceptors (Lipinski definition) is 3. The molecule has 0 amide bonds. The summed E-state index contributed by atoms with van der Waals surface area (Å²) in [5.41, 5.74) is 4.92. The van der Waals surface area contributed by atoms with Crippen LogP contribution in [-0.2, 0) is 20.7 Å². The first-order valence-electron chi connectivity index (χ1n) is 12.9. The van der Waals surface area contributed by atoms with Gasteiger partial charge in [0.1, 0.15) is 0 Å². The second-order valence-corrected chi connectivity index (χ2v) is 11.1. The van der Waals surface area contributed by atoms with Crippen LogP contribution >= 0.6 is 0 Å². The van der Waals surface area contributed by atoms with E-state index in [1.54, 1.807) is 11.1 Å². The van der Waals surface area contributed by atoms with Crippen molar-refractivity contribution in [2.45, 2.75) is 90.6 Å². The molecule has 7 atom stereocenters. The van der Waals surface area contributed by atoms with Gasteiger partial charge in [0.25, 0.3) is 0 Å². The second-order valence-electron chi connectivity index (χ2n) is 11.1. The van der Waals surface area contributed by atoms with Crippen molar-refractivity contribution in [1.82, 2.24) is 0 Å². The molecule has 5 rings (SSSR count). The van der Waals surface area contributed by atoms with Crippen molar-refractivity contribution in [2.75, 3.05) is 13.2 Å². The average molecular weight is 425 g/mol. The highest BCUT2D eigenvalue weighted by molar-refractivity contribution is 5.69. The fourth-order valence-corrected chi connectivity index (χ4v) is 8.07. The van der Waals surface area contributed by atoms with E-state index in [0.29, 0.717) is 42.3 Å². The van der Waals surface area contributed by atoms with E-state index in [0.717, 1.165) is 18.4 Å². The molecule has 1 aliphatic heterocycles. The lowest BCUT2D eigenvalue weighted by Crippen LogP contribution is -2.45. The molecule has 1 heterocycles.